The molecular weight excluding hydrogens is 314 g/mol. The van der Waals surface area contributed by atoms with Gasteiger partial charge in [-0.2, -0.15) is 0 Å². The van der Waals surface area contributed by atoms with Gasteiger partial charge in [0, 0.05) is 17.8 Å². The summed E-state index contributed by atoms with van der Waals surface area (Å²) in [4.78, 5) is 35.5. The summed E-state index contributed by atoms with van der Waals surface area (Å²) in [6.07, 6.45) is 3.27. The van der Waals surface area contributed by atoms with Crippen LogP contribution in [0.5, 0.6) is 0 Å². The molecule has 7 nitrogen and oxygen atoms in total. The summed E-state index contributed by atoms with van der Waals surface area (Å²) >= 11 is 0. The maximum atomic E-state index is 12.6. The van der Waals surface area contributed by atoms with Crippen LogP contribution in [0.4, 0.5) is 0 Å². The van der Waals surface area contributed by atoms with Gasteiger partial charge in [-0.1, -0.05) is 19.8 Å². The molecule has 0 spiro atoms. The standard InChI is InChI=1S/C17H27NO6/c1-3-5-6-12(17(20)23-4-2)10-14(19)16-11-7-8-15(24-16)13(9-11)18(21)22/h11-13,15-16H,3-10H2,1-2H3. The number of ketones is 1. The quantitative estimate of drug-likeness (QED) is 0.363. The Balaban J connectivity index is 1.97. The summed E-state index contributed by atoms with van der Waals surface area (Å²) in [5.74, 6) is -0.983. The fourth-order valence-electron chi connectivity index (χ4n) is 3.82. The molecule has 136 valence electrons. The third kappa shape index (κ3) is 4.32. The van der Waals surface area contributed by atoms with Gasteiger partial charge in [0.25, 0.3) is 0 Å². The highest BCUT2D eigenvalue weighted by atomic mass is 16.6. The van der Waals surface area contributed by atoms with Crippen molar-refractivity contribution < 1.29 is 24.0 Å². The number of nitro groups is 1. The van der Waals surface area contributed by atoms with Crippen LogP contribution in [-0.2, 0) is 19.1 Å². The van der Waals surface area contributed by atoms with E-state index in [2.05, 4.69) is 0 Å². The molecule has 5 unspecified atom stereocenters. The molecule has 3 fully saturated rings. The average molecular weight is 341 g/mol. The van der Waals surface area contributed by atoms with Gasteiger partial charge in [0.15, 0.2) is 5.78 Å². The van der Waals surface area contributed by atoms with E-state index in [1.165, 1.54) is 0 Å². The first-order valence-electron chi connectivity index (χ1n) is 8.96. The maximum absolute atomic E-state index is 12.6. The summed E-state index contributed by atoms with van der Waals surface area (Å²) in [5.41, 5.74) is 0. The summed E-state index contributed by atoms with van der Waals surface area (Å²) in [6.45, 7) is 4.08. The largest absolute Gasteiger partial charge is 0.466 e. The molecule has 5 atom stereocenters. The Kier molecular flexibility index (Phi) is 6.71. The Labute approximate surface area is 142 Å². The highest BCUT2D eigenvalue weighted by molar-refractivity contribution is 5.88. The van der Waals surface area contributed by atoms with Crippen molar-refractivity contribution in [2.75, 3.05) is 6.61 Å². The second-order valence-corrected chi connectivity index (χ2v) is 6.78. The van der Waals surface area contributed by atoms with Gasteiger partial charge in [0.2, 0.25) is 6.04 Å². The fraction of sp³-hybridized carbons (Fsp3) is 0.882. The molecule has 2 saturated heterocycles. The number of esters is 1. The van der Waals surface area contributed by atoms with Crippen LogP contribution >= 0.6 is 0 Å². The van der Waals surface area contributed by atoms with Gasteiger partial charge in [-0.3, -0.25) is 19.7 Å². The molecule has 24 heavy (non-hydrogen) atoms. The minimum absolute atomic E-state index is 0.105. The molecule has 0 N–H and O–H groups in total. The van der Waals surface area contributed by atoms with Crippen molar-refractivity contribution in [3.63, 3.8) is 0 Å². The van der Waals surface area contributed by atoms with Crippen molar-refractivity contribution in [3.8, 4) is 0 Å². The Hall–Kier alpha value is -1.50. The van der Waals surface area contributed by atoms with E-state index >= 15 is 0 Å². The van der Waals surface area contributed by atoms with Crippen LogP contribution in [0.1, 0.15) is 58.8 Å². The average Bonchev–Trinajstić information content (AvgIpc) is 2.58. The number of carbonyl (C=O) groups is 2. The van der Waals surface area contributed by atoms with Crippen LogP contribution in [0.2, 0.25) is 0 Å². The van der Waals surface area contributed by atoms with Gasteiger partial charge in [0.05, 0.1) is 12.5 Å². The predicted molar refractivity (Wildman–Crippen MR) is 86.1 cm³/mol. The van der Waals surface area contributed by atoms with Gasteiger partial charge in [-0.15, -0.1) is 0 Å². The highest BCUT2D eigenvalue weighted by Crippen LogP contribution is 2.39. The van der Waals surface area contributed by atoms with Crippen LogP contribution in [-0.4, -0.2) is 41.5 Å². The smallest absolute Gasteiger partial charge is 0.309 e. The van der Waals surface area contributed by atoms with E-state index in [-0.39, 0.29) is 29.0 Å². The molecule has 3 aliphatic rings. The third-order valence-corrected chi connectivity index (χ3v) is 5.11. The Bertz CT molecular complexity index is 480. The van der Waals surface area contributed by atoms with Crippen LogP contribution < -0.4 is 0 Å². The van der Waals surface area contributed by atoms with E-state index in [1.807, 2.05) is 6.92 Å². The number of carbonyl (C=O) groups excluding carboxylic acids is 2. The number of unbranched alkanes of at least 4 members (excludes halogenated alkanes) is 1. The van der Waals surface area contributed by atoms with E-state index < -0.39 is 24.2 Å². The zero-order valence-corrected chi connectivity index (χ0v) is 14.4. The zero-order valence-electron chi connectivity index (χ0n) is 14.4. The Morgan fingerprint density at radius 3 is 2.62 bits per heavy atom. The first-order valence-corrected chi connectivity index (χ1v) is 8.96. The molecule has 1 aliphatic carbocycles. The van der Waals surface area contributed by atoms with E-state index in [0.717, 1.165) is 19.3 Å². The Morgan fingerprint density at radius 2 is 2.08 bits per heavy atom. The molecule has 0 amide bonds. The number of hydrogen-bond acceptors (Lipinski definition) is 6. The summed E-state index contributed by atoms with van der Waals surface area (Å²) < 4.78 is 10.8. The topological polar surface area (TPSA) is 95.7 Å². The third-order valence-electron chi connectivity index (χ3n) is 5.11. The molecule has 7 heteroatoms. The lowest BCUT2D eigenvalue weighted by Crippen LogP contribution is -2.54. The van der Waals surface area contributed by atoms with Crippen LogP contribution in [0, 0.1) is 22.0 Å². The van der Waals surface area contributed by atoms with Crippen molar-refractivity contribution in [2.45, 2.75) is 77.0 Å². The number of rotatable bonds is 9. The molecule has 2 heterocycles. The summed E-state index contributed by atoms with van der Waals surface area (Å²) in [6, 6.07) is -0.700. The number of Topliss-reactive ketones (excluding diaryl/α,β-unsaturated/α-hetero) is 1. The van der Waals surface area contributed by atoms with E-state index in [1.54, 1.807) is 6.92 Å². The van der Waals surface area contributed by atoms with Gasteiger partial charge >= 0.3 is 5.97 Å². The second-order valence-electron chi connectivity index (χ2n) is 6.78. The number of hydrogen-bond donors (Lipinski definition) is 0. The van der Waals surface area contributed by atoms with Crippen molar-refractivity contribution in [1.82, 2.24) is 0 Å². The Morgan fingerprint density at radius 1 is 1.33 bits per heavy atom. The minimum atomic E-state index is -0.700. The first-order chi connectivity index (χ1) is 11.5. The number of fused-ring (bicyclic) bond motifs is 3. The molecule has 1 saturated carbocycles. The highest BCUT2D eigenvalue weighted by Gasteiger charge is 2.50. The molecular formula is C17H27NO6. The minimum Gasteiger partial charge on any atom is -0.466 e. The molecule has 3 rings (SSSR count). The molecule has 2 aliphatic heterocycles. The summed E-state index contributed by atoms with van der Waals surface area (Å²) in [5, 5.41) is 11.1. The molecule has 0 aromatic carbocycles. The van der Waals surface area contributed by atoms with Crippen molar-refractivity contribution >= 4 is 11.8 Å². The predicted octanol–water partition coefficient (Wildman–Crippen LogP) is 2.53. The monoisotopic (exact) mass is 341 g/mol. The lowest BCUT2D eigenvalue weighted by molar-refractivity contribution is -0.548. The molecule has 0 radical (unpaired) electrons. The van der Waals surface area contributed by atoms with Crippen molar-refractivity contribution in [3.05, 3.63) is 10.1 Å². The van der Waals surface area contributed by atoms with Gasteiger partial charge in [0.1, 0.15) is 12.2 Å². The fourth-order valence-corrected chi connectivity index (χ4v) is 3.82. The van der Waals surface area contributed by atoms with E-state index in [0.29, 0.717) is 25.9 Å². The second kappa shape index (κ2) is 8.55. The normalized spacial score (nSPS) is 29.9. The van der Waals surface area contributed by atoms with Gasteiger partial charge < -0.3 is 9.47 Å². The number of nitrogens with zero attached hydrogens (tertiary/aromatic N) is 1. The van der Waals surface area contributed by atoms with Gasteiger partial charge in [-0.25, -0.2) is 0 Å². The van der Waals surface area contributed by atoms with Crippen LogP contribution in [0.25, 0.3) is 0 Å². The van der Waals surface area contributed by atoms with Crippen molar-refractivity contribution in [2.24, 2.45) is 11.8 Å². The lowest BCUT2D eigenvalue weighted by Gasteiger charge is -2.42. The zero-order chi connectivity index (χ0) is 17.7. The van der Waals surface area contributed by atoms with Crippen molar-refractivity contribution in [1.29, 1.82) is 0 Å². The molecule has 2 bridgehead atoms. The van der Waals surface area contributed by atoms with E-state index in [9.17, 15) is 19.7 Å². The number of ether oxygens (including phenoxy) is 2. The lowest BCUT2D eigenvalue weighted by atomic mass is 9.75. The molecule has 0 aromatic rings. The maximum Gasteiger partial charge on any atom is 0.309 e. The summed E-state index contributed by atoms with van der Waals surface area (Å²) in [7, 11) is 0. The van der Waals surface area contributed by atoms with Crippen LogP contribution in [0.15, 0.2) is 0 Å². The first kappa shape index (κ1) is 18.8. The SMILES string of the molecule is CCCCC(CC(=O)C1OC2CCC1CC2[N+](=O)[O-])C(=O)OCC. The van der Waals surface area contributed by atoms with Crippen LogP contribution in [0.3, 0.4) is 0 Å². The van der Waals surface area contributed by atoms with Gasteiger partial charge in [-0.05, 0) is 32.1 Å². The molecule has 0 aromatic heterocycles. The van der Waals surface area contributed by atoms with E-state index in [4.69, 9.17) is 9.47 Å².